The lowest BCUT2D eigenvalue weighted by atomic mass is 10.1. The maximum atomic E-state index is 12.3. The second-order valence-corrected chi connectivity index (χ2v) is 6.70. The van der Waals surface area contributed by atoms with Gasteiger partial charge in [0.2, 0.25) is 6.79 Å². The summed E-state index contributed by atoms with van der Waals surface area (Å²) in [6.45, 7) is 5.73. The summed E-state index contributed by atoms with van der Waals surface area (Å²) in [5, 5.41) is 10.7. The molecule has 2 amide bonds. The molecule has 144 valence electrons. The summed E-state index contributed by atoms with van der Waals surface area (Å²) in [5.41, 5.74) is 1.20. The van der Waals surface area contributed by atoms with Crippen LogP contribution in [0.15, 0.2) is 30.6 Å². The Labute approximate surface area is 157 Å². The van der Waals surface area contributed by atoms with Crippen molar-refractivity contribution in [2.24, 2.45) is 0 Å². The molecule has 1 fully saturated rings. The quantitative estimate of drug-likeness (QED) is 0.760. The molecule has 0 aliphatic carbocycles. The van der Waals surface area contributed by atoms with Gasteiger partial charge in [-0.2, -0.15) is 0 Å². The van der Waals surface area contributed by atoms with Crippen LogP contribution in [0.2, 0.25) is 0 Å². The van der Waals surface area contributed by atoms with Crippen LogP contribution in [-0.2, 0) is 13.1 Å². The highest BCUT2D eigenvalue weighted by Gasteiger charge is 2.21. The van der Waals surface area contributed by atoms with Gasteiger partial charge < -0.3 is 19.7 Å². The molecule has 0 radical (unpaired) electrons. The molecule has 2 aliphatic rings. The Hall–Kier alpha value is -2.81. The normalized spacial score (nSPS) is 16.5. The molecule has 9 heteroatoms. The Bertz CT molecular complexity index is 758. The van der Waals surface area contributed by atoms with Crippen LogP contribution in [0.1, 0.15) is 12.0 Å². The van der Waals surface area contributed by atoms with Gasteiger partial charge in [0.25, 0.3) is 0 Å². The van der Waals surface area contributed by atoms with Crippen LogP contribution in [0, 0.1) is 0 Å². The number of aromatic nitrogens is 3. The van der Waals surface area contributed by atoms with Crippen LogP contribution in [0.3, 0.4) is 0 Å². The van der Waals surface area contributed by atoms with Gasteiger partial charge in [-0.05, 0) is 24.1 Å². The first-order valence-corrected chi connectivity index (χ1v) is 9.26. The van der Waals surface area contributed by atoms with Crippen molar-refractivity contribution in [1.29, 1.82) is 0 Å². The van der Waals surface area contributed by atoms with E-state index in [0.29, 0.717) is 13.3 Å². The summed E-state index contributed by atoms with van der Waals surface area (Å²) in [6.07, 6.45) is 4.31. The molecule has 9 nitrogen and oxygen atoms in total. The van der Waals surface area contributed by atoms with Crippen molar-refractivity contribution < 1.29 is 14.3 Å². The number of amides is 2. The molecule has 0 spiro atoms. The number of carbonyl (C=O) groups is 1. The number of fused-ring (bicyclic) bond motifs is 1. The van der Waals surface area contributed by atoms with Crippen LogP contribution in [0.4, 0.5) is 4.79 Å². The minimum atomic E-state index is 0.0105. The number of piperazine rings is 1. The SMILES string of the molecule is O=C(NCCCn1ccnn1)N1CCN(Cc2ccc3c(c2)OCO3)CC1. The topological polar surface area (TPSA) is 84.8 Å². The second kappa shape index (κ2) is 8.26. The summed E-state index contributed by atoms with van der Waals surface area (Å²) >= 11 is 0. The Morgan fingerprint density at radius 3 is 2.81 bits per heavy atom. The fourth-order valence-corrected chi connectivity index (χ4v) is 3.31. The smallest absolute Gasteiger partial charge is 0.317 e. The van der Waals surface area contributed by atoms with Crippen molar-refractivity contribution in [3.05, 3.63) is 36.2 Å². The number of carbonyl (C=O) groups excluding carboxylic acids is 1. The Morgan fingerprint density at radius 1 is 1.15 bits per heavy atom. The maximum Gasteiger partial charge on any atom is 0.317 e. The summed E-state index contributed by atoms with van der Waals surface area (Å²) in [4.78, 5) is 16.5. The molecular weight excluding hydrogens is 348 g/mol. The third kappa shape index (κ3) is 4.48. The molecule has 1 N–H and O–H groups in total. The number of nitrogens with zero attached hydrogens (tertiary/aromatic N) is 5. The zero-order valence-electron chi connectivity index (χ0n) is 15.2. The molecule has 1 aromatic carbocycles. The van der Waals surface area contributed by atoms with E-state index in [1.165, 1.54) is 5.56 Å². The fraction of sp³-hybridized carbons (Fsp3) is 0.500. The number of hydrogen-bond donors (Lipinski definition) is 1. The van der Waals surface area contributed by atoms with E-state index in [4.69, 9.17) is 9.47 Å². The summed E-state index contributed by atoms with van der Waals surface area (Å²) < 4.78 is 12.6. The van der Waals surface area contributed by atoms with Gasteiger partial charge in [0.15, 0.2) is 11.5 Å². The average molecular weight is 372 g/mol. The van der Waals surface area contributed by atoms with E-state index in [1.807, 2.05) is 23.2 Å². The van der Waals surface area contributed by atoms with Crippen LogP contribution >= 0.6 is 0 Å². The van der Waals surface area contributed by atoms with Crippen molar-refractivity contribution in [3.63, 3.8) is 0 Å². The van der Waals surface area contributed by atoms with E-state index in [2.05, 4.69) is 26.6 Å². The average Bonchev–Trinajstić information content (AvgIpc) is 3.37. The van der Waals surface area contributed by atoms with Crippen LogP contribution in [0.5, 0.6) is 11.5 Å². The Morgan fingerprint density at radius 2 is 2.00 bits per heavy atom. The fourth-order valence-electron chi connectivity index (χ4n) is 3.31. The number of benzene rings is 1. The van der Waals surface area contributed by atoms with E-state index in [1.54, 1.807) is 10.9 Å². The lowest BCUT2D eigenvalue weighted by Gasteiger charge is -2.34. The molecule has 0 saturated carbocycles. The van der Waals surface area contributed by atoms with Crippen LogP contribution < -0.4 is 14.8 Å². The number of rotatable bonds is 6. The third-order valence-corrected chi connectivity index (χ3v) is 4.81. The minimum absolute atomic E-state index is 0.0105. The number of aryl methyl sites for hydroxylation is 1. The van der Waals surface area contributed by atoms with E-state index in [-0.39, 0.29) is 6.03 Å². The molecule has 2 aromatic rings. The molecule has 4 rings (SSSR count). The van der Waals surface area contributed by atoms with Crippen molar-refractivity contribution in [2.75, 3.05) is 39.5 Å². The Kier molecular flexibility index (Phi) is 5.38. The van der Waals surface area contributed by atoms with Gasteiger partial charge in [0, 0.05) is 52.0 Å². The zero-order valence-corrected chi connectivity index (χ0v) is 15.2. The summed E-state index contributed by atoms with van der Waals surface area (Å²) in [7, 11) is 0. The standard InChI is InChI=1S/C18H24N6O3/c25-18(19-4-1-6-24-7-5-20-21-24)23-10-8-22(9-11-23)13-15-2-3-16-17(12-15)27-14-26-16/h2-3,5,7,12H,1,4,6,8-11,13-14H2,(H,19,25). The van der Waals surface area contributed by atoms with E-state index in [9.17, 15) is 4.79 Å². The van der Waals surface area contributed by atoms with Gasteiger partial charge in [0.1, 0.15) is 0 Å². The predicted molar refractivity (Wildman–Crippen MR) is 97.5 cm³/mol. The Balaban J connectivity index is 1.16. The molecule has 0 unspecified atom stereocenters. The first-order valence-electron chi connectivity index (χ1n) is 9.26. The van der Waals surface area contributed by atoms with Gasteiger partial charge in [-0.25, -0.2) is 4.79 Å². The first kappa shape index (κ1) is 17.6. The van der Waals surface area contributed by atoms with Crippen molar-refractivity contribution in [2.45, 2.75) is 19.5 Å². The number of hydrogen-bond acceptors (Lipinski definition) is 6. The zero-order chi connectivity index (χ0) is 18.5. The molecule has 1 aromatic heterocycles. The number of ether oxygens (including phenoxy) is 2. The molecule has 0 bridgehead atoms. The molecule has 27 heavy (non-hydrogen) atoms. The van der Waals surface area contributed by atoms with Gasteiger partial charge in [-0.15, -0.1) is 5.10 Å². The highest BCUT2D eigenvalue weighted by molar-refractivity contribution is 5.74. The van der Waals surface area contributed by atoms with Crippen molar-refractivity contribution in [3.8, 4) is 11.5 Å². The molecule has 1 saturated heterocycles. The molecule has 0 atom stereocenters. The van der Waals surface area contributed by atoms with Gasteiger partial charge in [-0.3, -0.25) is 9.58 Å². The lowest BCUT2D eigenvalue weighted by molar-refractivity contribution is 0.135. The van der Waals surface area contributed by atoms with Crippen molar-refractivity contribution >= 4 is 6.03 Å². The molecule has 3 heterocycles. The first-order chi connectivity index (χ1) is 13.3. The minimum Gasteiger partial charge on any atom is -0.454 e. The van der Waals surface area contributed by atoms with Crippen molar-refractivity contribution in [1.82, 2.24) is 30.1 Å². The van der Waals surface area contributed by atoms with E-state index >= 15 is 0 Å². The number of urea groups is 1. The van der Waals surface area contributed by atoms with Gasteiger partial charge in [0.05, 0.1) is 6.20 Å². The van der Waals surface area contributed by atoms with E-state index < -0.39 is 0 Å². The monoisotopic (exact) mass is 372 g/mol. The van der Waals surface area contributed by atoms with E-state index in [0.717, 1.165) is 57.2 Å². The predicted octanol–water partition coefficient (Wildman–Crippen LogP) is 0.924. The van der Waals surface area contributed by atoms with Gasteiger partial charge in [-0.1, -0.05) is 11.3 Å². The molecular formula is C18H24N6O3. The highest BCUT2D eigenvalue weighted by Crippen LogP contribution is 2.32. The van der Waals surface area contributed by atoms with Gasteiger partial charge >= 0.3 is 6.03 Å². The van der Waals surface area contributed by atoms with Crippen LogP contribution in [0.25, 0.3) is 0 Å². The second-order valence-electron chi connectivity index (χ2n) is 6.70. The lowest BCUT2D eigenvalue weighted by Crippen LogP contribution is -2.51. The molecule has 2 aliphatic heterocycles. The largest absolute Gasteiger partial charge is 0.454 e. The summed E-state index contributed by atoms with van der Waals surface area (Å²) in [5.74, 6) is 1.63. The number of nitrogens with one attached hydrogen (secondary N) is 1. The third-order valence-electron chi connectivity index (χ3n) is 4.81. The summed E-state index contributed by atoms with van der Waals surface area (Å²) in [6, 6.07) is 6.08. The highest BCUT2D eigenvalue weighted by atomic mass is 16.7. The maximum absolute atomic E-state index is 12.3. The van der Waals surface area contributed by atoms with Crippen LogP contribution in [-0.4, -0.2) is 70.3 Å².